The quantitative estimate of drug-likeness (QED) is 0.598. The number of carbonyl (C=O) groups is 1. The topological polar surface area (TPSA) is 50.4 Å². The van der Waals surface area contributed by atoms with Crippen molar-refractivity contribution >= 4 is 5.91 Å². The Morgan fingerprint density at radius 1 is 0.968 bits per heavy atom. The fraction of sp³-hybridized carbons (Fsp3) is 0.381. The maximum Gasteiger partial charge on any atom is 0.417 e. The Hall–Kier alpha value is -2.75. The Balaban J connectivity index is 2.64. The van der Waals surface area contributed by atoms with Crippen molar-refractivity contribution in [3.8, 4) is 5.75 Å². The molecule has 0 aliphatic heterocycles. The van der Waals surface area contributed by atoms with Gasteiger partial charge in [0.2, 0.25) is 0 Å². The van der Waals surface area contributed by atoms with E-state index in [9.17, 15) is 31.1 Å². The van der Waals surface area contributed by atoms with Crippen LogP contribution in [0, 0.1) is 0 Å². The highest BCUT2D eigenvalue weighted by atomic mass is 19.4. The summed E-state index contributed by atoms with van der Waals surface area (Å²) in [4.78, 5) is 13.0. The average Bonchev–Trinajstić information content (AvgIpc) is 2.69. The van der Waals surface area contributed by atoms with E-state index in [0.29, 0.717) is 11.6 Å². The lowest BCUT2D eigenvalue weighted by molar-refractivity contribution is -0.143. The summed E-state index contributed by atoms with van der Waals surface area (Å²) >= 11 is 0. The minimum absolute atomic E-state index is 0.0851. The zero-order valence-corrected chi connectivity index (χ0v) is 17.2. The van der Waals surface area contributed by atoms with Crippen LogP contribution >= 0.6 is 0 Å². The number of methoxy groups -OCH3 is 1. The van der Waals surface area contributed by atoms with E-state index in [0.717, 1.165) is 7.11 Å². The number of hydrogen-bond acceptors (Lipinski definition) is 3. The summed E-state index contributed by atoms with van der Waals surface area (Å²) in [5.41, 5.74) is -4.53. The molecule has 10 heteroatoms. The monoisotopic (exact) mass is 448 g/mol. The van der Waals surface area contributed by atoms with Crippen molar-refractivity contribution in [3.63, 3.8) is 0 Å². The number of amides is 1. The normalized spacial score (nSPS) is 13.6. The summed E-state index contributed by atoms with van der Waals surface area (Å²) in [7, 11) is 2.51. The second kappa shape index (κ2) is 8.78. The molecule has 0 heterocycles. The first-order valence-electron chi connectivity index (χ1n) is 9.13. The predicted molar refractivity (Wildman–Crippen MR) is 103 cm³/mol. The van der Waals surface area contributed by atoms with Crippen LogP contribution in [0.5, 0.6) is 5.75 Å². The summed E-state index contributed by atoms with van der Waals surface area (Å²) in [6, 6.07) is 7.97. The fourth-order valence-corrected chi connectivity index (χ4v) is 3.07. The average molecular weight is 448 g/mol. The summed E-state index contributed by atoms with van der Waals surface area (Å²) < 4.78 is 85.0. The van der Waals surface area contributed by atoms with Gasteiger partial charge < -0.3 is 15.4 Å². The Morgan fingerprint density at radius 3 is 2.00 bits per heavy atom. The molecule has 170 valence electrons. The van der Waals surface area contributed by atoms with Crippen LogP contribution in [0.1, 0.15) is 46.9 Å². The Labute approximate surface area is 175 Å². The number of ether oxygens (including phenoxy) is 1. The maximum absolute atomic E-state index is 13.6. The molecular formula is C21H22F6N2O2. The predicted octanol–water partition coefficient (Wildman–Crippen LogP) is 5.20. The standard InChI is InChI=1S/C21H22F6N2O2/c1-19(2,28-3)17(12-8-6-5-7-9-12)29-18(30)16-14(21(25,26)27)10-13(20(22,23)24)11-15(16)31-4/h5-11,17,28H,1-4H3,(H,29,30). The van der Waals surface area contributed by atoms with Crippen LogP contribution in [-0.4, -0.2) is 25.6 Å². The highest BCUT2D eigenvalue weighted by Gasteiger charge is 2.42. The van der Waals surface area contributed by atoms with Gasteiger partial charge in [0.05, 0.1) is 29.8 Å². The van der Waals surface area contributed by atoms with Crippen molar-refractivity contribution in [2.75, 3.05) is 14.2 Å². The molecule has 0 fully saturated rings. The van der Waals surface area contributed by atoms with Crippen molar-refractivity contribution in [2.24, 2.45) is 0 Å². The molecule has 0 aromatic heterocycles. The second-order valence-corrected chi connectivity index (χ2v) is 7.39. The molecule has 2 aromatic carbocycles. The summed E-state index contributed by atoms with van der Waals surface area (Å²) in [6.07, 6.45) is -10.3. The summed E-state index contributed by atoms with van der Waals surface area (Å²) in [5.74, 6) is -2.04. The van der Waals surface area contributed by atoms with E-state index in [1.54, 1.807) is 51.2 Å². The number of carbonyl (C=O) groups excluding carboxylic acids is 1. The maximum atomic E-state index is 13.6. The Morgan fingerprint density at radius 2 is 1.55 bits per heavy atom. The first-order valence-corrected chi connectivity index (χ1v) is 9.13. The van der Waals surface area contributed by atoms with Gasteiger partial charge in [-0.2, -0.15) is 26.3 Å². The van der Waals surface area contributed by atoms with Crippen molar-refractivity contribution in [3.05, 3.63) is 64.7 Å². The second-order valence-electron chi connectivity index (χ2n) is 7.39. The molecule has 0 aliphatic rings. The van der Waals surface area contributed by atoms with E-state index in [1.165, 1.54) is 0 Å². The third kappa shape index (κ3) is 5.49. The molecule has 4 nitrogen and oxygen atoms in total. The molecule has 1 unspecified atom stereocenters. The van der Waals surface area contributed by atoms with Gasteiger partial charge in [-0.15, -0.1) is 0 Å². The van der Waals surface area contributed by atoms with Crippen LogP contribution in [0.3, 0.4) is 0 Å². The first kappa shape index (κ1) is 24.5. The van der Waals surface area contributed by atoms with Crippen LogP contribution in [-0.2, 0) is 12.4 Å². The third-order valence-electron chi connectivity index (χ3n) is 4.96. The number of likely N-dealkylation sites (N-methyl/N-ethyl adjacent to an activating group) is 1. The molecule has 2 rings (SSSR count). The smallest absolute Gasteiger partial charge is 0.417 e. The summed E-state index contributed by atoms with van der Waals surface area (Å²) in [5, 5.41) is 5.51. The van der Waals surface area contributed by atoms with Crippen molar-refractivity contribution in [2.45, 2.75) is 37.8 Å². The van der Waals surface area contributed by atoms with Crippen LogP contribution in [0.15, 0.2) is 42.5 Å². The lowest BCUT2D eigenvalue weighted by atomic mass is 9.88. The Kier molecular flexibility index (Phi) is 6.94. The highest BCUT2D eigenvalue weighted by Crippen LogP contribution is 2.41. The number of benzene rings is 2. The molecule has 0 saturated carbocycles. The van der Waals surface area contributed by atoms with Crippen molar-refractivity contribution in [1.82, 2.24) is 10.6 Å². The molecule has 2 aromatic rings. The number of hydrogen-bond donors (Lipinski definition) is 2. The SMILES string of the molecule is CNC(C)(C)C(NC(=O)c1c(OC)cc(C(F)(F)F)cc1C(F)(F)F)c1ccccc1. The Bertz CT molecular complexity index is 924. The largest absolute Gasteiger partial charge is 0.496 e. The molecule has 0 spiro atoms. The van der Waals surface area contributed by atoms with Crippen molar-refractivity contribution < 1.29 is 35.9 Å². The molecule has 31 heavy (non-hydrogen) atoms. The van der Waals surface area contributed by atoms with Crippen LogP contribution in [0.2, 0.25) is 0 Å². The van der Waals surface area contributed by atoms with Crippen LogP contribution < -0.4 is 15.4 Å². The number of nitrogens with one attached hydrogen (secondary N) is 2. The zero-order valence-electron chi connectivity index (χ0n) is 17.2. The van der Waals surface area contributed by atoms with E-state index in [2.05, 4.69) is 10.6 Å². The minimum atomic E-state index is -5.22. The molecule has 1 atom stereocenters. The van der Waals surface area contributed by atoms with Gasteiger partial charge in [-0.25, -0.2) is 0 Å². The van der Waals surface area contributed by atoms with Gasteiger partial charge in [0, 0.05) is 5.54 Å². The lowest BCUT2D eigenvalue weighted by Crippen LogP contribution is -2.50. The van der Waals surface area contributed by atoms with Gasteiger partial charge >= 0.3 is 12.4 Å². The third-order valence-corrected chi connectivity index (χ3v) is 4.96. The van der Waals surface area contributed by atoms with E-state index in [1.807, 2.05) is 0 Å². The lowest BCUT2D eigenvalue weighted by Gasteiger charge is -2.35. The molecule has 1 amide bonds. The molecule has 0 radical (unpaired) electrons. The van der Waals surface area contributed by atoms with Gasteiger partial charge in [0.1, 0.15) is 5.75 Å². The van der Waals surface area contributed by atoms with Gasteiger partial charge in [0.15, 0.2) is 0 Å². The van der Waals surface area contributed by atoms with Gasteiger partial charge in [0.25, 0.3) is 5.91 Å². The van der Waals surface area contributed by atoms with Crippen LogP contribution in [0.25, 0.3) is 0 Å². The fourth-order valence-electron chi connectivity index (χ4n) is 3.07. The number of rotatable bonds is 6. The first-order chi connectivity index (χ1) is 14.2. The molecule has 0 bridgehead atoms. The molecule has 0 saturated heterocycles. The van der Waals surface area contributed by atoms with Crippen LogP contribution in [0.4, 0.5) is 26.3 Å². The number of alkyl halides is 6. The van der Waals surface area contributed by atoms with E-state index in [-0.39, 0.29) is 6.07 Å². The molecule has 2 N–H and O–H groups in total. The van der Waals surface area contributed by atoms with E-state index < -0.39 is 52.3 Å². The van der Waals surface area contributed by atoms with E-state index in [4.69, 9.17) is 4.74 Å². The van der Waals surface area contributed by atoms with Crippen molar-refractivity contribution in [1.29, 1.82) is 0 Å². The number of halogens is 6. The minimum Gasteiger partial charge on any atom is -0.496 e. The highest BCUT2D eigenvalue weighted by molar-refractivity contribution is 5.99. The van der Waals surface area contributed by atoms with E-state index >= 15 is 0 Å². The van der Waals surface area contributed by atoms with Gasteiger partial charge in [-0.1, -0.05) is 30.3 Å². The zero-order chi connectivity index (χ0) is 23.6. The molecular weight excluding hydrogens is 426 g/mol. The molecule has 0 aliphatic carbocycles. The van der Waals surface area contributed by atoms with Gasteiger partial charge in [-0.05, 0) is 38.6 Å². The van der Waals surface area contributed by atoms with Gasteiger partial charge in [-0.3, -0.25) is 4.79 Å². The summed E-state index contributed by atoms with van der Waals surface area (Å²) in [6.45, 7) is 3.44.